The van der Waals surface area contributed by atoms with Crippen molar-refractivity contribution in [2.45, 2.75) is 54.4 Å². The van der Waals surface area contributed by atoms with Crippen molar-refractivity contribution >= 4 is 24.3 Å². The minimum Gasteiger partial charge on any atom is -0.481 e. The SMILES string of the molecule is C/C=C\C(=C/CC)CN(C)C.C=NN(C)CCC(=O)O.CC.CC.CCl. The van der Waals surface area contributed by atoms with Gasteiger partial charge in [0.25, 0.3) is 0 Å². The van der Waals surface area contributed by atoms with E-state index >= 15 is 0 Å². The van der Waals surface area contributed by atoms with E-state index in [0.29, 0.717) is 6.54 Å². The van der Waals surface area contributed by atoms with Crippen molar-refractivity contribution in [2.75, 3.05) is 40.6 Å². The van der Waals surface area contributed by atoms with E-state index in [1.165, 1.54) is 17.0 Å². The van der Waals surface area contributed by atoms with Crippen molar-refractivity contribution in [1.29, 1.82) is 0 Å². The molecule has 0 amide bonds. The van der Waals surface area contributed by atoms with Gasteiger partial charge in [-0.1, -0.05) is 52.8 Å². The number of carboxylic acids is 1. The smallest absolute Gasteiger partial charge is 0.305 e. The van der Waals surface area contributed by atoms with Gasteiger partial charge >= 0.3 is 5.97 Å². The Morgan fingerprint density at radius 3 is 1.88 bits per heavy atom. The molecule has 0 spiro atoms. The van der Waals surface area contributed by atoms with Crippen LogP contribution in [0.5, 0.6) is 0 Å². The van der Waals surface area contributed by atoms with E-state index in [1.807, 2.05) is 27.7 Å². The maximum Gasteiger partial charge on any atom is 0.305 e. The number of allylic oxidation sites excluding steroid dienone is 2. The van der Waals surface area contributed by atoms with Crippen molar-refractivity contribution in [2.24, 2.45) is 5.10 Å². The number of halogens is 1. The number of nitrogens with zero attached hydrogens (tertiary/aromatic N) is 3. The van der Waals surface area contributed by atoms with Gasteiger partial charge in [-0.2, -0.15) is 5.10 Å². The van der Waals surface area contributed by atoms with Crippen LogP contribution in [-0.4, -0.2) is 68.3 Å². The third-order valence-corrected chi connectivity index (χ3v) is 2.24. The summed E-state index contributed by atoms with van der Waals surface area (Å²) in [6, 6.07) is 0. The Labute approximate surface area is 168 Å². The zero-order chi connectivity index (χ0) is 22.0. The Morgan fingerprint density at radius 1 is 1.15 bits per heavy atom. The Morgan fingerprint density at radius 2 is 1.62 bits per heavy atom. The highest BCUT2D eigenvalue weighted by atomic mass is 35.5. The average molecular weight is 394 g/mol. The topological polar surface area (TPSA) is 56.1 Å². The predicted molar refractivity (Wildman–Crippen MR) is 121 cm³/mol. The van der Waals surface area contributed by atoms with E-state index in [4.69, 9.17) is 5.11 Å². The summed E-state index contributed by atoms with van der Waals surface area (Å²) in [4.78, 5) is 12.1. The van der Waals surface area contributed by atoms with E-state index in [2.05, 4.69) is 74.5 Å². The Hall–Kier alpha value is -1.33. The molecule has 0 atom stereocenters. The largest absolute Gasteiger partial charge is 0.481 e. The summed E-state index contributed by atoms with van der Waals surface area (Å²) in [5.41, 5.74) is 1.40. The van der Waals surface area contributed by atoms with Gasteiger partial charge in [0.1, 0.15) is 0 Å². The molecule has 0 bridgehead atoms. The van der Waals surface area contributed by atoms with E-state index in [0.717, 1.165) is 13.0 Å². The zero-order valence-corrected chi connectivity index (χ0v) is 19.6. The second kappa shape index (κ2) is 34.9. The Balaban J connectivity index is -0.0000000884. The molecule has 0 fully saturated rings. The summed E-state index contributed by atoms with van der Waals surface area (Å²) in [5.74, 6) is -0.814. The van der Waals surface area contributed by atoms with E-state index in [1.54, 1.807) is 7.05 Å². The zero-order valence-electron chi connectivity index (χ0n) is 18.8. The molecule has 0 aliphatic carbocycles. The van der Waals surface area contributed by atoms with Gasteiger partial charge in [0.2, 0.25) is 0 Å². The van der Waals surface area contributed by atoms with Crippen LogP contribution in [0, 0.1) is 0 Å². The third kappa shape index (κ3) is 43.4. The number of hydrogen-bond donors (Lipinski definition) is 1. The molecule has 0 saturated heterocycles. The molecule has 0 aliphatic heterocycles. The monoisotopic (exact) mass is 393 g/mol. The van der Waals surface area contributed by atoms with Crippen LogP contribution >= 0.6 is 11.6 Å². The van der Waals surface area contributed by atoms with Crippen molar-refractivity contribution in [3.63, 3.8) is 0 Å². The molecule has 0 aromatic rings. The third-order valence-electron chi connectivity index (χ3n) is 2.24. The van der Waals surface area contributed by atoms with Gasteiger partial charge in [-0.15, -0.1) is 11.6 Å². The molecule has 0 aromatic heterocycles. The van der Waals surface area contributed by atoms with Gasteiger partial charge in [-0.05, 0) is 33.0 Å². The standard InChI is InChI=1S/C10H19N.C5H10N2O2.2C2H6.CH3Cl/c1-5-7-10(8-6-2)9-11(3)4;1-6-7(2)4-3-5(8)9;3*1-2/h5,7-8H,6,9H2,1-4H3;1,3-4H2,2H3,(H,8,9);2*1-2H3;1H3/b7-5-,10-8+;;;;. The first-order chi connectivity index (χ1) is 12.4. The molecule has 0 unspecified atom stereocenters. The van der Waals surface area contributed by atoms with Gasteiger partial charge in [0, 0.05) is 33.2 Å². The lowest BCUT2D eigenvalue weighted by molar-refractivity contribution is -0.137. The number of hydrogen-bond acceptors (Lipinski definition) is 4. The van der Waals surface area contributed by atoms with Crippen LogP contribution in [0.2, 0.25) is 0 Å². The van der Waals surface area contributed by atoms with Crippen LogP contribution in [0.25, 0.3) is 0 Å². The molecule has 0 saturated carbocycles. The molecule has 1 N–H and O–H groups in total. The second-order valence-electron chi connectivity index (χ2n) is 4.59. The number of aliphatic carboxylic acids is 1. The maximum absolute atomic E-state index is 9.93. The van der Waals surface area contributed by atoms with Crippen molar-refractivity contribution in [3.05, 3.63) is 23.8 Å². The number of hydrazone groups is 1. The van der Waals surface area contributed by atoms with Crippen molar-refractivity contribution in [3.8, 4) is 0 Å². The lowest BCUT2D eigenvalue weighted by Gasteiger charge is -2.09. The average Bonchev–Trinajstić information content (AvgIpc) is 2.65. The number of likely N-dealkylation sites (N-methyl/N-ethyl adjacent to an activating group) is 1. The van der Waals surface area contributed by atoms with Crippen LogP contribution in [-0.2, 0) is 4.79 Å². The van der Waals surface area contributed by atoms with Crippen LogP contribution in [0.15, 0.2) is 28.9 Å². The molecule has 158 valence electrons. The second-order valence-corrected chi connectivity index (χ2v) is 4.59. The minimum atomic E-state index is -0.814. The molecule has 0 heterocycles. The predicted octanol–water partition coefficient (Wildman–Crippen LogP) is 5.38. The first-order valence-corrected chi connectivity index (χ1v) is 9.86. The van der Waals surface area contributed by atoms with Crippen LogP contribution in [0.1, 0.15) is 54.4 Å². The molecule has 0 radical (unpaired) electrons. The van der Waals surface area contributed by atoms with E-state index < -0.39 is 5.97 Å². The van der Waals surface area contributed by atoms with Gasteiger partial charge in [-0.25, -0.2) is 0 Å². The van der Waals surface area contributed by atoms with E-state index in [9.17, 15) is 4.79 Å². The number of carbonyl (C=O) groups is 1. The summed E-state index contributed by atoms with van der Waals surface area (Å²) in [5, 5.41) is 13.1. The summed E-state index contributed by atoms with van der Waals surface area (Å²) in [7, 11) is 5.86. The van der Waals surface area contributed by atoms with Gasteiger partial charge in [0.05, 0.1) is 6.42 Å². The maximum atomic E-state index is 9.93. The first-order valence-electron chi connectivity index (χ1n) is 9.11. The highest BCUT2D eigenvalue weighted by molar-refractivity contribution is 6.15. The molecular formula is C20H44ClN3O2. The van der Waals surface area contributed by atoms with Crippen LogP contribution < -0.4 is 0 Å². The van der Waals surface area contributed by atoms with Gasteiger partial charge in [0.15, 0.2) is 0 Å². The highest BCUT2D eigenvalue weighted by Crippen LogP contribution is 2.00. The molecular weight excluding hydrogens is 350 g/mol. The van der Waals surface area contributed by atoms with Gasteiger partial charge < -0.3 is 15.0 Å². The molecule has 26 heavy (non-hydrogen) atoms. The highest BCUT2D eigenvalue weighted by Gasteiger charge is 1.97. The minimum absolute atomic E-state index is 0.107. The fourth-order valence-electron chi connectivity index (χ4n) is 1.35. The number of alkyl halides is 1. The molecule has 0 aromatic carbocycles. The fourth-order valence-corrected chi connectivity index (χ4v) is 1.35. The van der Waals surface area contributed by atoms with E-state index in [-0.39, 0.29) is 6.42 Å². The van der Waals surface area contributed by atoms with Crippen molar-refractivity contribution < 1.29 is 9.90 Å². The summed E-state index contributed by atoms with van der Waals surface area (Å²) in [6.07, 6.45) is 9.22. The molecule has 0 rings (SSSR count). The summed E-state index contributed by atoms with van der Waals surface area (Å²) >= 11 is 4.64. The normalized spacial score (nSPS) is 9.31. The number of carboxylic acid groups (broad SMARTS) is 1. The summed E-state index contributed by atoms with van der Waals surface area (Å²) in [6.45, 7) is 16.9. The van der Waals surface area contributed by atoms with Crippen LogP contribution in [0.3, 0.4) is 0 Å². The lowest BCUT2D eigenvalue weighted by atomic mass is 10.2. The Bertz CT molecular complexity index is 331. The van der Waals surface area contributed by atoms with Crippen LogP contribution in [0.4, 0.5) is 0 Å². The quantitative estimate of drug-likeness (QED) is 0.260. The van der Waals surface area contributed by atoms with Gasteiger partial charge in [-0.3, -0.25) is 4.79 Å². The molecule has 5 nitrogen and oxygen atoms in total. The molecule has 0 aliphatic rings. The van der Waals surface area contributed by atoms with Crippen molar-refractivity contribution in [1.82, 2.24) is 9.91 Å². The first kappa shape index (κ1) is 35.7. The number of rotatable bonds is 8. The fraction of sp³-hybridized carbons (Fsp3) is 0.700. The summed E-state index contributed by atoms with van der Waals surface area (Å²) < 4.78 is 0. The Kier molecular flexibility index (Phi) is 48.0. The lowest BCUT2D eigenvalue weighted by Crippen LogP contribution is -2.14. The molecule has 6 heteroatoms.